The molecule has 0 unspecified atom stereocenters. The van der Waals surface area contributed by atoms with Crippen LogP contribution in [0.2, 0.25) is 0 Å². The van der Waals surface area contributed by atoms with Crippen molar-refractivity contribution in [3.05, 3.63) is 42.2 Å². The molecule has 0 N–H and O–H groups in total. The molecule has 4 rings (SSSR count). The lowest BCUT2D eigenvalue weighted by Crippen LogP contribution is -2.30. The molecule has 5 nitrogen and oxygen atoms in total. The summed E-state index contributed by atoms with van der Waals surface area (Å²) in [6.07, 6.45) is 28.8. The number of carbonyl (C=O) groups excluding carboxylic acids is 1. The average molecular weight is 577 g/mol. The molecule has 5 heteroatoms. The number of ether oxygens (including phenoxy) is 2. The van der Waals surface area contributed by atoms with Crippen molar-refractivity contribution in [1.82, 2.24) is 9.97 Å². The number of hydrogen-bond acceptors (Lipinski definition) is 5. The number of benzene rings is 1. The van der Waals surface area contributed by atoms with E-state index in [2.05, 4.69) is 23.8 Å². The van der Waals surface area contributed by atoms with Crippen LogP contribution in [0.1, 0.15) is 135 Å². The monoisotopic (exact) mass is 576 g/mol. The number of hydrogen-bond donors (Lipinski definition) is 0. The van der Waals surface area contributed by atoms with Crippen LogP contribution in [0.15, 0.2) is 36.7 Å². The van der Waals surface area contributed by atoms with Gasteiger partial charge in [-0.05, 0) is 98.9 Å². The SMILES string of the molecule is CCCCCCCCc1cnc(-c2ccc(OC(=O)COC3CCC(C4CCC(CCCCC)CC4)CC3)cc2)nc1. The van der Waals surface area contributed by atoms with Gasteiger partial charge in [-0.3, -0.25) is 0 Å². The molecular formula is C37H56N2O3. The van der Waals surface area contributed by atoms with Crippen LogP contribution in [0.3, 0.4) is 0 Å². The van der Waals surface area contributed by atoms with Gasteiger partial charge in [-0.15, -0.1) is 0 Å². The number of aryl methyl sites for hydroxylation is 1. The highest BCUT2D eigenvalue weighted by atomic mass is 16.6. The molecule has 1 heterocycles. The van der Waals surface area contributed by atoms with Crippen molar-refractivity contribution in [3.63, 3.8) is 0 Å². The molecule has 0 radical (unpaired) electrons. The van der Waals surface area contributed by atoms with Crippen LogP contribution in [-0.4, -0.2) is 28.6 Å². The van der Waals surface area contributed by atoms with E-state index >= 15 is 0 Å². The van der Waals surface area contributed by atoms with Gasteiger partial charge in [0.2, 0.25) is 0 Å². The Kier molecular flexibility index (Phi) is 14.3. The van der Waals surface area contributed by atoms with Gasteiger partial charge in [0.25, 0.3) is 0 Å². The third-order valence-corrected chi connectivity index (χ3v) is 9.80. The van der Waals surface area contributed by atoms with Crippen molar-refractivity contribution in [3.8, 4) is 17.1 Å². The van der Waals surface area contributed by atoms with Crippen molar-refractivity contribution in [1.29, 1.82) is 0 Å². The Morgan fingerprint density at radius 1 is 0.738 bits per heavy atom. The first-order valence-electron chi connectivity index (χ1n) is 17.4. The van der Waals surface area contributed by atoms with Gasteiger partial charge in [-0.2, -0.15) is 0 Å². The average Bonchev–Trinajstić information content (AvgIpc) is 3.03. The Morgan fingerprint density at radius 2 is 1.33 bits per heavy atom. The molecule has 2 aliphatic carbocycles. The molecule has 42 heavy (non-hydrogen) atoms. The highest BCUT2D eigenvalue weighted by Gasteiger charge is 2.31. The van der Waals surface area contributed by atoms with Crippen LogP contribution in [-0.2, 0) is 16.0 Å². The van der Waals surface area contributed by atoms with Crippen LogP contribution >= 0.6 is 0 Å². The van der Waals surface area contributed by atoms with E-state index in [1.54, 1.807) is 0 Å². The Hall–Kier alpha value is -2.27. The maximum absolute atomic E-state index is 12.5. The summed E-state index contributed by atoms with van der Waals surface area (Å²) in [5.41, 5.74) is 2.10. The summed E-state index contributed by atoms with van der Waals surface area (Å²) >= 11 is 0. The Balaban J connectivity index is 1.10. The minimum Gasteiger partial charge on any atom is -0.425 e. The summed E-state index contributed by atoms with van der Waals surface area (Å²) in [5, 5.41) is 0. The largest absolute Gasteiger partial charge is 0.425 e. The van der Waals surface area contributed by atoms with E-state index in [-0.39, 0.29) is 18.7 Å². The van der Waals surface area contributed by atoms with Crippen molar-refractivity contribution < 1.29 is 14.3 Å². The smallest absolute Gasteiger partial charge is 0.337 e. The lowest BCUT2D eigenvalue weighted by atomic mass is 9.70. The van der Waals surface area contributed by atoms with Gasteiger partial charge in [0.15, 0.2) is 5.82 Å². The molecule has 0 aliphatic heterocycles. The van der Waals surface area contributed by atoms with E-state index in [9.17, 15) is 4.79 Å². The highest BCUT2D eigenvalue weighted by Crippen LogP contribution is 2.41. The molecule has 1 aromatic carbocycles. The summed E-state index contributed by atoms with van der Waals surface area (Å²) in [7, 11) is 0. The molecule has 2 aromatic rings. The molecule has 1 aromatic heterocycles. The molecule has 232 valence electrons. The molecule has 0 atom stereocenters. The number of aromatic nitrogens is 2. The number of nitrogens with zero attached hydrogens (tertiary/aromatic N) is 2. The molecule has 2 fully saturated rings. The van der Waals surface area contributed by atoms with Gasteiger partial charge in [0.1, 0.15) is 12.4 Å². The van der Waals surface area contributed by atoms with Gasteiger partial charge in [0.05, 0.1) is 6.10 Å². The molecule has 0 bridgehead atoms. The first-order chi connectivity index (χ1) is 20.6. The Labute approximate surface area is 255 Å². The lowest BCUT2D eigenvalue weighted by molar-refractivity contribution is -0.142. The van der Waals surface area contributed by atoms with E-state index in [1.165, 1.54) is 108 Å². The predicted molar refractivity (Wildman–Crippen MR) is 171 cm³/mol. The van der Waals surface area contributed by atoms with E-state index in [0.29, 0.717) is 11.6 Å². The topological polar surface area (TPSA) is 61.3 Å². The molecule has 0 amide bonds. The molecular weight excluding hydrogens is 520 g/mol. The third-order valence-electron chi connectivity index (χ3n) is 9.80. The summed E-state index contributed by atoms with van der Waals surface area (Å²) in [6.45, 7) is 4.56. The minimum atomic E-state index is -0.332. The van der Waals surface area contributed by atoms with Crippen LogP contribution in [0.25, 0.3) is 11.4 Å². The zero-order valence-corrected chi connectivity index (χ0v) is 26.5. The van der Waals surface area contributed by atoms with E-state index in [1.807, 2.05) is 36.7 Å². The predicted octanol–water partition coefficient (Wildman–Crippen LogP) is 9.91. The molecule has 0 saturated heterocycles. The molecule has 0 spiro atoms. The number of esters is 1. The zero-order valence-electron chi connectivity index (χ0n) is 26.5. The van der Waals surface area contributed by atoms with E-state index in [4.69, 9.17) is 9.47 Å². The number of carbonyl (C=O) groups is 1. The normalized spacial score (nSPS) is 22.6. The van der Waals surface area contributed by atoms with Crippen molar-refractivity contribution in [2.24, 2.45) is 17.8 Å². The maximum atomic E-state index is 12.5. The van der Waals surface area contributed by atoms with Gasteiger partial charge in [0, 0.05) is 18.0 Å². The van der Waals surface area contributed by atoms with Crippen molar-refractivity contribution >= 4 is 5.97 Å². The second-order valence-corrected chi connectivity index (χ2v) is 13.1. The molecule has 2 saturated carbocycles. The fourth-order valence-electron chi connectivity index (χ4n) is 7.12. The minimum absolute atomic E-state index is 0.0170. The first-order valence-corrected chi connectivity index (χ1v) is 17.4. The lowest BCUT2D eigenvalue weighted by Gasteiger charge is -2.37. The zero-order chi connectivity index (χ0) is 29.4. The Morgan fingerprint density at radius 3 is 2.00 bits per heavy atom. The van der Waals surface area contributed by atoms with Gasteiger partial charge < -0.3 is 9.47 Å². The van der Waals surface area contributed by atoms with Crippen LogP contribution in [0, 0.1) is 17.8 Å². The van der Waals surface area contributed by atoms with Gasteiger partial charge in [-0.25, -0.2) is 14.8 Å². The first kappa shape index (κ1) is 32.6. The highest BCUT2D eigenvalue weighted by molar-refractivity contribution is 5.73. The van der Waals surface area contributed by atoms with Crippen LogP contribution in [0.5, 0.6) is 5.75 Å². The van der Waals surface area contributed by atoms with E-state index < -0.39 is 0 Å². The van der Waals surface area contributed by atoms with Crippen LogP contribution < -0.4 is 4.74 Å². The van der Waals surface area contributed by atoms with Crippen molar-refractivity contribution in [2.45, 2.75) is 142 Å². The summed E-state index contributed by atoms with van der Waals surface area (Å²) < 4.78 is 11.5. The summed E-state index contributed by atoms with van der Waals surface area (Å²) in [4.78, 5) is 21.6. The number of rotatable bonds is 17. The van der Waals surface area contributed by atoms with E-state index in [0.717, 1.165) is 42.6 Å². The Bertz CT molecular complexity index is 1010. The van der Waals surface area contributed by atoms with Crippen molar-refractivity contribution in [2.75, 3.05) is 6.61 Å². The number of unbranched alkanes of at least 4 members (excludes halogenated alkanes) is 7. The quantitative estimate of drug-likeness (QED) is 0.107. The molecule has 2 aliphatic rings. The van der Waals surface area contributed by atoms with Gasteiger partial charge in [-0.1, -0.05) is 84.5 Å². The summed E-state index contributed by atoms with van der Waals surface area (Å²) in [6, 6.07) is 7.44. The fourth-order valence-corrected chi connectivity index (χ4v) is 7.12. The van der Waals surface area contributed by atoms with Gasteiger partial charge >= 0.3 is 5.97 Å². The third kappa shape index (κ3) is 11.1. The second-order valence-electron chi connectivity index (χ2n) is 13.1. The summed E-state index contributed by atoms with van der Waals surface area (Å²) in [5.74, 6) is 3.64. The standard InChI is InChI=1S/C37H56N2O3/c1-3-5-7-8-9-11-13-30-26-38-37(39-27-30)33-20-24-35(25-21-33)42-36(40)28-41-34-22-18-32(19-23-34)31-16-14-29(15-17-31)12-10-6-4-2/h20-21,24-27,29,31-32,34H,3-19,22-23,28H2,1-2H3. The fraction of sp³-hybridized carbons (Fsp3) is 0.703. The second kappa shape index (κ2) is 18.4. The maximum Gasteiger partial charge on any atom is 0.337 e. The van der Waals surface area contributed by atoms with Crippen LogP contribution in [0.4, 0.5) is 0 Å².